The Morgan fingerprint density at radius 1 is 1.32 bits per heavy atom. The number of halogens is 4. The van der Waals surface area contributed by atoms with Gasteiger partial charge in [-0.25, -0.2) is 9.37 Å². The van der Waals surface area contributed by atoms with Crippen molar-refractivity contribution < 1.29 is 17.6 Å². The molecule has 1 aromatic carbocycles. The molecule has 0 amide bonds. The highest BCUT2D eigenvalue weighted by Gasteiger charge is 2.35. The highest BCUT2D eigenvalue weighted by molar-refractivity contribution is 7.11. The molecule has 0 fully saturated rings. The van der Waals surface area contributed by atoms with Crippen LogP contribution in [-0.4, -0.2) is 12.0 Å². The van der Waals surface area contributed by atoms with Crippen LogP contribution < -0.4 is 5.32 Å². The summed E-state index contributed by atoms with van der Waals surface area (Å²) in [5.74, 6) is -0.432. The van der Waals surface area contributed by atoms with E-state index in [1.165, 1.54) is 24.4 Å². The first-order valence-corrected chi connectivity index (χ1v) is 6.19. The van der Waals surface area contributed by atoms with Gasteiger partial charge < -0.3 is 5.32 Å². The number of hydrogen-bond donors (Lipinski definition) is 1. The fourth-order valence-corrected chi connectivity index (χ4v) is 2.63. The van der Waals surface area contributed by atoms with Gasteiger partial charge in [-0.05, 0) is 24.7 Å². The van der Waals surface area contributed by atoms with Crippen LogP contribution in [0.5, 0.6) is 0 Å². The lowest BCUT2D eigenvalue weighted by Gasteiger charge is -2.14. The molecule has 2 rings (SSSR count). The smallest absolute Gasteiger partial charge is 0.309 e. The molecule has 7 heteroatoms. The monoisotopic (exact) mass is 290 g/mol. The van der Waals surface area contributed by atoms with Crippen LogP contribution in [-0.2, 0) is 6.18 Å². The van der Waals surface area contributed by atoms with E-state index in [0.717, 1.165) is 0 Å². The summed E-state index contributed by atoms with van der Waals surface area (Å²) in [6.45, 7) is 0. The van der Waals surface area contributed by atoms with Crippen molar-refractivity contribution in [2.45, 2.75) is 12.2 Å². The molecule has 0 radical (unpaired) electrons. The van der Waals surface area contributed by atoms with Crippen LogP contribution in [0.1, 0.15) is 21.5 Å². The summed E-state index contributed by atoms with van der Waals surface area (Å²) in [6, 6.07) is 5.22. The zero-order valence-electron chi connectivity index (χ0n) is 9.83. The molecule has 2 nitrogen and oxygen atoms in total. The Kier molecular flexibility index (Phi) is 3.86. The summed E-state index contributed by atoms with van der Waals surface area (Å²) in [5, 5.41) is 1.96. The summed E-state index contributed by atoms with van der Waals surface area (Å²) < 4.78 is 50.7. The maximum absolute atomic E-state index is 13.2. The van der Waals surface area contributed by atoms with Crippen molar-refractivity contribution in [3.05, 3.63) is 51.7 Å². The van der Waals surface area contributed by atoms with E-state index < -0.39 is 23.0 Å². The van der Waals surface area contributed by atoms with E-state index >= 15 is 0 Å². The van der Waals surface area contributed by atoms with Crippen molar-refractivity contribution in [3.8, 4) is 0 Å². The van der Waals surface area contributed by atoms with Gasteiger partial charge in [0.1, 0.15) is 5.82 Å². The van der Waals surface area contributed by atoms with Crippen LogP contribution in [0.3, 0.4) is 0 Å². The first-order chi connectivity index (χ1) is 8.91. The molecule has 19 heavy (non-hydrogen) atoms. The summed E-state index contributed by atoms with van der Waals surface area (Å²) in [5.41, 5.74) is 0.555. The Morgan fingerprint density at radius 3 is 2.58 bits per heavy atom. The van der Waals surface area contributed by atoms with Gasteiger partial charge >= 0.3 is 6.18 Å². The minimum Gasteiger partial charge on any atom is -0.309 e. The maximum atomic E-state index is 13.2. The third-order valence-electron chi connectivity index (χ3n) is 2.52. The number of alkyl halides is 3. The fourth-order valence-electron chi connectivity index (χ4n) is 1.71. The number of hydrogen-bond acceptors (Lipinski definition) is 3. The minimum atomic E-state index is -4.46. The number of nitrogens with one attached hydrogen (secondary N) is 1. The number of aromatic nitrogens is 1. The topological polar surface area (TPSA) is 24.9 Å². The van der Waals surface area contributed by atoms with Gasteiger partial charge in [-0.3, -0.25) is 0 Å². The molecule has 0 saturated carbocycles. The predicted molar refractivity (Wildman–Crippen MR) is 64.4 cm³/mol. The Balaban J connectivity index is 2.35. The van der Waals surface area contributed by atoms with E-state index in [4.69, 9.17) is 0 Å². The largest absolute Gasteiger partial charge is 0.443 e. The normalized spacial score (nSPS) is 13.5. The quantitative estimate of drug-likeness (QED) is 0.874. The standard InChI is InChI=1S/C12H10F4N2S/c1-17-10(7-3-2-4-8(13)5-7)9-6-18-11(19-9)12(14,15)16/h2-6,10,17H,1H3. The van der Waals surface area contributed by atoms with Crippen LogP contribution in [0, 0.1) is 5.82 Å². The lowest BCUT2D eigenvalue weighted by Crippen LogP contribution is -2.16. The Bertz CT molecular complexity index is 565. The first kappa shape index (κ1) is 14.0. The van der Waals surface area contributed by atoms with Crippen molar-refractivity contribution in [3.63, 3.8) is 0 Å². The van der Waals surface area contributed by atoms with Crippen LogP contribution >= 0.6 is 11.3 Å². The third kappa shape index (κ3) is 3.10. The Morgan fingerprint density at radius 2 is 2.05 bits per heavy atom. The van der Waals surface area contributed by atoms with Crippen molar-refractivity contribution in [2.24, 2.45) is 0 Å². The van der Waals surface area contributed by atoms with Crippen molar-refractivity contribution in [1.29, 1.82) is 0 Å². The van der Waals surface area contributed by atoms with Crippen LogP contribution in [0.4, 0.5) is 17.6 Å². The van der Waals surface area contributed by atoms with Gasteiger partial charge in [0.2, 0.25) is 0 Å². The van der Waals surface area contributed by atoms with Crippen LogP contribution in [0.25, 0.3) is 0 Å². The molecule has 0 spiro atoms. The molecule has 2 aromatic rings. The SMILES string of the molecule is CNC(c1cccc(F)c1)c1cnc(C(F)(F)F)s1. The van der Waals surface area contributed by atoms with Gasteiger partial charge in [0, 0.05) is 11.1 Å². The average Bonchev–Trinajstić information content (AvgIpc) is 2.79. The molecule has 0 aliphatic heterocycles. The second-order valence-electron chi connectivity index (χ2n) is 3.84. The summed E-state index contributed by atoms with van der Waals surface area (Å²) in [7, 11) is 1.60. The zero-order valence-corrected chi connectivity index (χ0v) is 10.6. The van der Waals surface area contributed by atoms with Crippen molar-refractivity contribution in [2.75, 3.05) is 7.05 Å². The van der Waals surface area contributed by atoms with Gasteiger partial charge in [-0.1, -0.05) is 12.1 Å². The predicted octanol–water partition coefficient (Wildman–Crippen LogP) is 3.61. The molecular formula is C12H10F4N2S. The molecule has 1 N–H and O–H groups in total. The zero-order chi connectivity index (χ0) is 14.0. The first-order valence-electron chi connectivity index (χ1n) is 5.37. The highest BCUT2D eigenvalue weighted by Crippen LogP contribution is 2.35. The second kappa shape index (κ2) is 5.26. The van der Waals surface area contributed by atoms with Gasteiger partial charge in [0.25, 0.3) is 0 Å². The van der Waals surface area contributed by atoms with E-state index in [2.05, 4.69) is 10.3 Å². The molecular weight excluding hydrogens is 280 g/mol. The van der Waals surface area contributed by atoms with Crippen molar-refractivity contribution in [1.82, 2.24) is 10.3 Å². The van der Waals surface area contributed by atoms with E-state index in [9.17, 15) is 17.6 Å². The lowest BCUT2D eigenvalue weighted by atomic mass is 10.1. The van der Waals surface area contributed by atoms with E-state index in [1.54, 1.807) is 13.1 Å². The molecule has 0 saturated heterocycles. The van der Waals surface area contributed by atoms with Gasteiger partial charge in [0.15, 0.2) is 5.01 Å². The van der Waals surface area contributed by atoms with Gasteiger partial charge in [0.05, 0.1) is 6.04 Å². The molecule has 1 unspecified atom stereocenters. The number of benzene rings is 1. The third-order valence-corrected chi connectivity index (χ3v) is 3.63. The molecule has 102 valence electrons. The maximum Gasteiger partial charge on any atom is 0.443 e. The lowest BCUT2D eigenvalue weighted by molar-refractivity contribution is -0.137. The van der Waals surface area contributed by atoms with E-state index in [0.29, 0.717) is 21.8 Å². The van der Waals surface area contributed by atoms with Crippen LogP contribution in [0.2, 0.25) is 0 Å². The molecule has 1 atom stereocenters. The fraction of sp³-hybridized carbons (Fsp3) is 0.250. The molecule has 1 aromatic heterocycles. The second-order valence-corrected chi connectivity index (χ2v) is 4.90. The molecule has 1 heterocycles. The van der Waals surface area contributed by atoms with Crippen molar-refractivity contribution >= 4 is 11.3 Å². The summed E-state index contributed by atoms with van der Waals surface area (Å²) in [4.78, 5) is 3.75. The Hall–Kier alpha value is -1.47. The van der Waals surface area contributed by atoms with E-state index in [1.807, 2.05) is 0 Å². The average molecular weight is 290 g/mol. The highest BCUT2D eigenvalue weighted by atomic mass is 32.1. The number of rotatable bonds is 3. The number of nitrogens with zero attached hydrogens (tertiary/aromatic N) is 1. The molecule has 0 bridgehead atoms. The molecule has 0 aliphatic rings. The number of thiazole rings is 1. The Labute approximate surface area is 111 Å². The van der Waals surface area contributed by atoms with Crippen LogP contribution in [0.15, 0.2) is 30.5 Å². The summed E-state index contributed by atoms with van der Waals surface area (Å²) in [6.07, 6.45) is -3.29. The van der Waals surface area contributed by atoms with Gasteiger partial charge in [-0.2, -0.15) is 13.2 Å². The minimum absolute atomic E-state index is 0.389. The molecule has 0 aliphatic carbocycles. The van der Waals surface area contributed by atoms with Gasteiger partial charge in [-0.15, -0.1) is 11.3 Å². The summed E-state index contributed by atoms with van der Waals surface area (Å²) >= 11 is 0.552. The van der Waals surface area contributed by atoms with E-state index in [-0.39, 0.29) is 0 Å².